The molecular formula is C15H22N2O. The van der Waals surface area contributed by atoms with Crippen molar-refractivity contribution < 1.29 is 4.79 Å². The molecule has 3 nitrogen and oxygen atoms in total. The molecule has 1 aliphatic rings. The van der Waals surface area contributed by atoms with Crippen molar-refractivity contribution in [3.8, 4) is 0 Å². The Labute approximate surface area is 109 Å². The largest absolute Gasteiger partial charge is 0.385 e. The van der Waals surface area contributed by atoms with E-state index in [1.165, 1.54) is 5.56 Å². The first-order valence-electron chi connectivity index (χ1n) is 6.82. The maximum absolute atomic E-state index is 12.6. The molecule has 1 saturated carbocycles. The molecule has 18 heavy (non-hydrogen) atoms. The number of nitrogens with one attached hydrogen (secondary N) is 1. The predicted octanol–water partition coefficient (Wildman–Crippen LogP) is 3.05. The van der Waals surface area contributed by atoms with Gasteiger partial charge >= 0.3 is 0 Å². The fourth-order valence-electron chi connectivity index (χ4n) is 2.29. The van der Waals surface area contributed by atoms with E-state index in [0.717, 1.165) is 37.2 Å². The molecule has 0 spiro atoms. The van der Waals surface area contributed by atoms with Crippen LogP contribution in [-0.2, 0) is 0 Å². The highest BCUT2D eigenvalue weighted by atomic mass is 16.2. The Bertz CT molecular complexity index is 438. The van der Waals surface area contributed by atoms with Gasteiger partial charge in [-0.2, -0.15) is 0 Å². The molecule has 0 bridgehead atoms. The van der Waals surface area contributed by atoms with Crippen LogP contribution in [0.25, 0.3) is 0 Å². The lowest BCUT2D eigenvalue weighted by Gasteiger charge is -2.22. The van der Waals surface area contributed by atoms with Gasteiger partial charge in [-0.05, 0) is 51.3 Å². The minimum absolute atomic E-state index is 0.163. The number of benzene rings is 1. The van der Waals surface area contributed by atoms with E-state index in [2.05, 4.69) is 25.2 Å². The molecule has 1 aromatic carbocycles. The third kappa shape index (κ3) is 2.66. The van der Waals surface area contributed by atoms with E-state index >= 15 is 0 Å². The molecule has 2 rings (SSSR count). The van der Waals surface area contributed by atoms with Crippen LogP contribution in [0, 0.1) is 6.92 Å². The highest BCUT2D eigenvalue weighted by molar-refractivity contribution is 6.00. The summed E-state index contributed by atoms with van der Waals surface area (Å²) in [5, 5.41) is 3.29. The molecule has 1 fully saturated rings. The highest BCUT2D eigenvalue weighted by Crippen LogP contribution is 2.29. The number of anilines is 1. The summed E-state index contributed by atoms with van der Waals surface area (Å²) >= 11 is 0. The molecule has 0 saturated heterocycles. The Balaban J connectivity index is 2.27. The second-order valence-corrected chi connectivity index (χ2v) is 4.90. The summed E-state index contributed by atoms with van der Waals surface area (Å²) in [4.78, 5) is 14.5. The normalized spacial score (nSPS) is 14.4. The average Bonchev–Trinajstić information content (AvgIpc) is 3.15. The number of rotatable bonds is 5. The second-order valence-electron chi connectivity index (χ2n) is 4.90. The van der Waals surface area contributed by atoms with E-state index in [0.29, 0.717) is 6.04 Å². The summed E-state index contributed by atoms with van der Waals surface area (Å²) in [6, 6.07) is 6.48. The number of hydrogen-bond donors (Lipinski definition) is 1. The van der Waals surface area contributed by atoms with Gasteiger partial charge in [0.25, 0.3) is 5.91 Å². The van der Waals surface area contributed by atoms with Gasteiger partial charge in [0.2, 0.25) is 0 Å². The van der Waals surface area contributed by atoms with E-state index in [1.54, 1.807) is 0 Å². The maximum atomic E-state index is 12.6. The smallest absolute Gasteiger partial charge is 0.256 e. The zero-order valence-electron chi connectivity index (χ0n) is 11.5. The minimum Gasteiger partial charge on any atom is -0.385 e. The van der Waals surface area contributed by atoms with Crippen LogP contribution in [0.4, 0.5) is 5.69 Å². The Morgan fingerprint density at radius 3 is 2.67 bits per heavy atom. The number of carbonyl (C=O) groups is 1. The first-order valence-corrected chi connectivity index (χ1v) is 6.82. The zero-order chi connectivity index (χ0) is 13.1. The van der Waals surface area contributed by atoms with Crippen molar-refractivity contribution in [3.63, 3.8) is 0 Å². The van der Waals surface area contributed by atoms with E-state index in [-0.39, 0.29) is 5.91 Å². The highest BCUT2D eigenvalue weighted by Gasteiger charge is 2.32. The lowest BCUT2D eigenvalue weighted by Crippen LogP contribution is -2.33. The quantitative estimate of drug-likeness (QED) is 0.866. The zero-order valence-corrected chi connectivity index (χ0v) is 11.5. The van der Waals surface area contributed by atoms with Gasteiger partial charge in [-0.3, -0.25) is 4.79 Å². The van der Waals surface area contributed by atoms with Gasteiger partial charge in [0.1, 0.15) is 0 Å². The first-order chi connectivity index (χ1) is 8.67. The van der Waals surface area contributed by atoms with Crippen molar-refractivity contribution >= 4 is 11.6 Å². The van der Waals surface area contributed by atoms with Crippen molar-refractivity contribution in [2.24, 2.45) is 0 Å². The van der Waals surface area contributed by atoms with Crippen molar-refractivity contribution in [2.45, 2.75) is 39.7 Å². The molecule has 0 atom stereocenters. The Morgan fingerprint density at radius 1 is 1.39 bits per heavy atom. The fourth-order valence-corrected chi connectivity index (χ4v) is 2.29. The SMILES string of the molecule is CCNc1cc(C)ccc1C(=O)N(CC)C1CC1. The number of carbonyl (C=O) groups excluding carboxylic acids is 1. The third-order valence-electron chi connectivity index (χ3n) is 3.36. The molecule has 1 aromatic rings. The molecule has 0 aromatic heterocycles. The molecule has 3 heteroatoms. The van der Waals surface area contributed by atoms with Crippen molar-refractivity contribution in [1.29, 1.82) is 0 Å². The number of amides is 1. The summed E-state index contributed by atoms with van der Waals surface area (Å²) in [5.41, 5.74) is 2.94. The van der Waals surface area contributed by atoms with Gasteiger partial charge < -0.3 is 10.2 Å². The second kappa shape index (κ2) is 5.42. The van der Waals surface area contributed by atoms with Gasteiger partial charge in [0.15, 0.2) is 0 Å². The topological polar surface area (TPSA) is 32.3 Å². The van der Waals surface area contributed by atoms with Gasteiger partial charge in [0, 0.05) is 24.8 Å². The lowest BCUT2D eigenvalue weighted by atomic mass is 10.1. The Morgan fingerprint density at radius 2 is 2.11 bits per heavy atom. The minimum atomic E-state index is 0.163. The Kier molecular flexibility index (Phi) is 3.90. The van der Waals surface area contributed by atoms with Gasteiger partial charge in [-0.25, -0.2) is 0 Å². The maximum Gasteiger partial charge on any atom is 0.256 e. The third-order valence-corrected chi connectivity index (χ3v) is 3.36. The van der Waals surface area contributed by atoms with E-state index in [1.807, 2.05) is 24.0 Å². The van der Waals surface area contributed by atoms with Crippen LogP contribution in [0.2, 0.25) is 0 Å². The molecule has 98 valence electrons. The number of hydrogen-bond acceptors (Lipinski definition) is 2. The van der Waals surface area contributed by atoms with Crippen LogP contribution in [0.15, 0.2) is 18.2 Å². The molecule has 1 aliphatic carbocycles. The van der Waals surface area contributed by atoms with Crippen LogP contribution in [0.3, 0.4) is 0 Å². The summed E-state index contributed by atoms with van der Waals surface area (Å²) in [7, 11) is 0. The molecule has 0 unspecified atom stereocenters. The summed E-state index contributed by atoms with van der Waals surface area (Å²) < 4.78 is 0. The molecule has 0 heterocycles. The van der Waals surface area contributed by atoms with E-state index in [9.17, 15) is 4.79 Å². The number of nitrogens with zero attached hydrogens (tertiary/aromatic N) is 1. The molecule has 0 aliphatic heterocycles. The molecule has 1 N–H and O–H groups in total. The summed E-state index contributed by atoms with van der Waals surface area (Å²) in [6.07, 6.45) is 2.31. The van der Waals surface area contributed by atoms with E-state index < -0.39 is 0 Å². The van der Waals surface area contributed by atoms with Gasteiger partial charge in [-0.15, -0.1) is 0 Å². The van der Waals surface area contributed by atoms with Crippen molar-refractivity contribution in [1.82, 2.24) is 4.90 Å². The van der Waals surface area contributed by atoms with Crippen LogP contribution >= 0.6 is 0 Å². The summed E-state index contributed by atoms with van der Waals surface area (Å²) in [5.74, 6) is 0.163. The standard InChI is InChI=1S/C15H22N2O/c1-4-16-14-10-11(3)6-9-13(14)15(18)17(5-2)12-7-8-12/h6,9-10,12,16H,4-5,7-8H2,1-3H3. The fraction of sp³-hybridized carbons (Fsp3) is 0.533. The predicted molar refractivity (Wildman–Crippen MR) is 75.1 cm³/mol. The average molecular weight is 246 g/mol. The summed E-state index contributed by atoms with van der Waals surface area (Å²) in [6.45, 7) is 7.78. The Hall–Kier alpha value is -1.51. The van der Waals surface area contributed by atoms with Crippen molar-refractivity contribution in [3.05, 3.63) is 29.3 Å². The lowest BCUT2D eigenvalue weighted by molar-refractivity contribution is 0.0753. The van der Waals surface area contributed by atoms with Gasteiger partial charge in [0.05, 0.1) is 5.56 Å². The van der Waals surface area contributed by atoms with E-state index in [4.69, 9.17) is 0 Å². The molecular weight excluding hydrogens is 224 g/mol. The van der Waals surface area contributed by atoms with Crippen LogP contribution in [-0.4, -0.2) is 29.9 Å². The van der Waals surface area contributed by atoms with Crippen molar-refractivity contribution in [2.75, 3.05) is 18.4 Å². The molecule has 1 amide bonds. The van der Waals surface area contributed by atoms with Crippen LogP contribution in [0.1, 0.15) is 42.6 Å². The van der Waals surface area contributed by atoms with Gasteiger partial charge in [-0.1, -0.05) is 6.07 Å². The monoisotopic (exact) mass is 246 g/mol. The van der Waals surface area contributed by atoms with Crippen LogP contribution < -0.4 is 5.32 Å². The number of aryl methyl sites for hydroxylation is 1. The molecule has 0 radical (unpaired) electrons. The first kappa shape index (κ1) is 12.9. The van der Waals surface area contributed by atoms with Crippen LogP contribution in [0.5, 0.6) is 0 Å².